The van der Waals surface area contributed by atoms with Crippen molar-refractivity contribution in [3.8, 4) is 11.5 Å². The lowest BCUT2D eigenvalue weighted by molar-refractivity contribution is 0.269. The minimum absolute atomic E-state index is 0.505. The van der Waals surface area contributed by atoms with E-state index in [1.807, 2.05) is 49.4 Å². The van der Waals surface area contributed by atoms with E-state index >= 15 is 0 Å². The molecular formula is C23H23Br2NO2. The van der Waals surface area contributed by atoms with Gasteiger partial charge in [0, 0.05) is 21.2 Å². The van der Waals surface area contributed by atoms with Crippen molar-refractivity contribution < 1.29 is 9.47 Å². The van der Waals surface area contributed by atoms with Gasteiger partial charge in [-0.3, -0.25) is 0 Å². The molecule has 0 saturated carbocycles. The summed E-state index contributed by atoms with van der Waals surface area (Å²) in [5.74, 6) is 1.49. The van der Waals surface area contributed by atoms with Gasteiger partial charge >= 0.3 is 0 Å². The molecule has 0 amide bonds. The minimum atomic E-state index is 0.505. The van der Waals surface area contributed by atoms with Gasteiger partial charge in [0.05, 0.1) is 6.61 Å². The van der Waals surface area contributed by atoms with Crippen molar-refractivity contribution in [2.24, 2.45) is 0 Å². The first kappa shape index (κ1) is 20.7. The average Bonchev–Trinajstić information content (AvgIpc) is 2.68. The molecule has 5 heteroatoms. The minimum Gasteiger partial charge on any atom is -0.490 e. The summed E-state index contributed by atoms with van der Waals surface area (Å²) in [6, 6.07) is 20.5. The van der Waals surface area contributed by atoms with Crippen LogP contribution in [0.4, 0.5) is 5.69 Å². The van der Waals surface area contributed by atoms with E-state index in [-0.39, 0.29) is 0 Å². The third-order valence-corrected chi connectivity index (χ3v) is 5.48. The Labute approximate surface area is 183 Å². The van der Waals surface area contributed by atoms with Gasteiger partial charge < -0.3 is 14.8 Å². The molecule has 3 aromatic carbocycles. The van der Waals surface area contributed by atoms with Gasteiger partial charge in [0.15, 0.2) is 11.5 Å². The molecule has 0 unspecified atom stereocenters. The Kier molecular flexibility index (Phi) is 7.40. The fourth-order valence-corrected chi connectivity index (χ4v) is 3.55. The maximum Gasteiger partial charge on any atom is 0.162 e. The highest BCUT2D eigenvalue weighted by atomic mass is 79.9. The third kappa shape index (κ3) is 5.76. The standard InChI is InChI=1S/C23H23Br2NO2/c1-3-27-22-12-18(14-26-20-9-7-19(24)8-10-20)21(25)13-23(22)28-15-17-6-4-5-16(2)11-17/h4-13,26H,3,14-15H2,1-2H3. The lowest BCUT2D eigenvalue weighted by Gasteiger charge is -2.16. The number of rotatable bonds is 8. The van der Waals surface area contributed by atoms with Crippen LogP contribution in [0.5, 0.6) is 11.5 Å². The topological polar surface area (TPSA) is 30.5 Å². The molecule has 3 aromatic rings. The molecule has 0 aliphatic carbocycles. The largest absolute Gasteiger partial charge is 0.490 e. The number of nitrogens with one attached hydrogen (secondary N) is 1. The molecule has 0 bridgehead atoms. The van der Waals surface area contributed by atoms with Gasteiger partial charge in [-0.2, -0.15) is 0 Å². The van der Waals surface area contributed by atoms with Crippen LogP contribution in [0.25, 0.3) is 0 Å². The zero-order valence-corrected chi connectivity index (χ0v) is 19.1. The fraction of sp³-hybridized carbons (Fsp3) is 0.217. The third-order valence-electron chi connectivity index (χ3n) is 4.22. The molecule has 0 radical (unpaired) electrons. The highest BCUT2D eigenvalue weighted by Gasteiger charge is 2.11. The predicted octanol–water partition coefficient (Wildman–Crippen LogP) is 7.11. The zero-order valence-electron chi connectivity index (χ0n) is 16.0. The number of ether oxygens (including phenoxy) is 2. The predicted molar refractivity (Wildman–Crippen MR) is 122 cm³/mol. The molecule has 3 rings (SSSR count). The van der Waals surface area contributed by atoms with Crippen molar-refractivity contribution in [3.63, 3.8) is 0 Å². The summed E-state index contributed by atoms with van der Waals surface area (Å²) < 4.78 is 13.9. The number of anilines is 1. The summed E-state index contributed by atoms with van der Waals surface area (Å²) in [4.78, 5) is 0. The van der Waals surface area contributed by atoms with E-state index in [0.717, 1.165) is 37.3 Å². The van der Waals surface area contributed by atoms with Crippen LogP contribution in [-0.4, -0.2) is 6.61 Å². The van der Waals surface area contributed by atoms with Crippen LogP contribution in [0, 0.1) is 6.92 Å². The first-order valence-corrected chi connectivity index (χ1v) is 10.8. The molecule has 3 nitrogen and oxygen atoms in total. The SMILES string of the molecule is CCOc1cc(CNc2ccc(Br)cc2)c(Br)cc1OCc1cccc(C)c1. The summed E-state index contributed by atoms with van der Waals surface area (Å²) >= 11 is 7.13. The van der Waals surface area contributed by atoms with Gasteiger partial charge in [-0.05, 0) is 61.4 Å². The highest BCUT2D eigenvalue weighted by molar-refractivity contribution is 9.10. The van der Waals surface area contributed by atoms with Gasteiger partial charge in [0.2, 0.25) is 0 Å². The van der Waals surface area contributed by atoms with Gasteiger partial charge in [0.1, 0.15) is 6.61 Å². The van der Waals surface area contributed by atoms with Gasteiger partial charge in [0.25, 0.3) is 0 Å². The van der Waals surface area contributed by atoms with Gasteiger partial charge in [-0.15, -0.1) is 0 Å². The van der Waals surface area contributed by atoms with Crippen molar-refractivity contribution in [1.29, 1.82) is 0 Å². The number of benzene rings is 3. The highest BCUT2D eigenvalue weighted by Crippen LogP contribution is 2.35. The second-order valence-corrected chi connectivity index (χ2v) is 8.23. The summed E-state index contributed by atoms with van der Waals surface area (Å²) in [6.45, 7) is 5.83. The fourth-order valence-electron chi connectivity index (χ4n) is 2.82. The lowest BCUT2D eigenvalue weighted by Crippen LogP contribution is -2.04. The lowest BCUT2D eigenvalue weighted by atomic mass is 10.1. The van der Waals surface area contributed by atoms with Crippen molar-refractivity contribution in [1.82, 2.24) is 0 Å². The molecule has 28 heavy (non-hydrogen) atoms. The Hall–Kier alpha value is -1.98. The van der Waals surface area contributed by atoms with E-state index in [1.54, 1.807) is 0 Å². The molecule has 0 aliphatic heterocycles. The molecule has 0 atom stereocenters. The van der Waals surface area contributed by atoms with Crippen molar-refractivity contribution >= 4 is 37.5 Å². The number of hydrogen-bond acceptors (Lipinski definition) is 3. The van der Waals surface area contributed by atoms with Gasteiger partial charge in [-0.25, -0.2) is 0 Å². The van der Waals surface area contributed by atoms with Crippen LogP contribution >= 0.6 is 31.9 Å². The van der Waals surface area contributed by atoms with Crippen LogP contribution in [0.2, 0.25) is 0 Å². The van der Waals surface area contributed by atoms with Crippen LogP contribution in [0.1, 0.15) is 23.6 Å². The molecule has 0 heterocycles. The molecule has 1 N–H and O–H groups in total. The molecule has 0 aromatic heterocycles. The number of halogens is 2. The van der Waals surface area contributed by atoms with E-state index in [4.69, 9.17) is 9.47 Å². The van der Waals surface area contributed by atoms with Crippen LogP contribution in [-0.2, 0) is 13.2 Å². The number of hydrogen-bond donors (Lipinski definition) is 1. The normalized spacial score (nSPS) is 10.6. The summed E-state index contributed by atoms with van der Waals surface area (Å²) in [6.07, 6.45) is 0. The van der Waals surface area contributed by atoms with Gasteiger partial charge in [-0.1, -0.05) is 61.7 Å². The Bertz CT molecular complexity index is 926. The molecule has 0 saturated heterocycles. The zero-order chi connectivity index (χ0) is 19.9. The molecule has 0 fully saturated rings. The van der Waals surface area contributed by atoms with Crippen LogP contribution in [0.15, 0.2) is 69.6 Å². The quantitative estimate of drug-likeness (QED) is 0.354. The Morgan fingerprint density at radius 2 is 1.64 bits per heavy atom. The number of aryl methyl sites for hydroxylation is 1. The van der Waals surface area contributed by atoms with E-state index in [0.29, 0.717) is 19.8 Å². The van der Waals surface area contributed by atoms with Crippen LogP contribution < -0.4 is 14.8 Å². The molecule has 0 aliphatic rings. The second kappa shape index (κ2) is 9.99. The summed E-state index contributed by atoms with van der Waals surface area (Å²) in [5, 5.41) is 3.43. The maximum atomic E-state index is 6.06. The second-order valence-electron chi connectivity index (χ2n) is 6.46. The average molecular weight is 505 g/mol. The molecule has 146 valence electrons. The van der Waals surface area contributed by atoms with Crippen LogP contribution in [0.3, 0.4) is 0 Å². The molecule has 0 spiro atoms. The molecular weight excluding hydrogens is 482 g/mol. The van der Waals surface area contributed by atoms with E-state index in [1.165, 1.54) is 5.56 Å². The monoisotopic (exact) mass is 503 g/mol. The van der Waals surface area contributed by atoms with Crippen molar-refractivity contribution in [2.75, 3.05) is 11.9 Å². The maximum absolute atomic E-state index is 6.06. The van der Waals surface area contributed by atoms with Crippen molar-refractivity contribution in [3.05, 3.63) is 86.3 Å². The Morgan fingerprint density at radius 3 is 2.36 bits per heavy atom. The van der Waals surface area contributed by atoms with E-state index in [2.05, 4.69) is 62.3 Å². The first-order valence-electron chi connectivity index (χ1n) is 9.18. The smallest absolute Gasteiger partial charge is 0.162 e. The van der Waals surface area contributed by atoms with E-state index in [9.17, 15) is 0 Å². The Morgan fingerprint density at radius 1 is 0.893 bits per heavy atom. The van der Waals surface area contributed by atoms with E-state index < -0.39 is 0 Å². The summed E-state index contributed by atoms with van der Waals surface area (Å²) in [5.41, 5.74) is 4.53. The van der Waals surface area contributed by atoms with Crippen molar-refractivity contribution in [2.45, 2.75) is 27.0 Å². The Balaban J connectivity index is 1.74. The summed E-state index contributed by atoms with van der Waals surface area (Å²) in [7, 11) is 0. The first-order chi connectivity index (χ1) is 13.5.